The molecule has 0 saturated heterocycles. The maximum Gasteiger partial charge on any atom is 0.335 e. The molecular weight excluding hydrogens is 454 g/mol. The molecule has 8 nitrogen and oxygen atoms in total. The number of rotatable bonds is 6. The zero-order valence-corrected chi connectivity index (χ0v) is 17.6. The molecule has 0 spiro atoms. The molecule has 2 aromatic rings. The summed E-state index contributed by atoms with van der Waals surface area (Å²) in [6, 6.07) is 11.3. The van der Waals surface area contributed by atoms with Gasteiger partial charge in [-0.15, -0.1) is 0 Å². The number of benzene rings is 2. The smallest absolute Gasteiger partial charge is 0.335 e. The van der Waals surface area contributed by atoms with Crippen LogP contribution in [0.25, 0.3) is 6.08 Å². The Hall–Kier alpha value is -3.64. The molecule has 0 unspecified atom stereocenters. The molecule has 1 aliphatic heterocycles. The van der Waals surface area contributed by atoms with Gasteiger partial charge in [0.05, 0.1) is 34.1 Å². The second kappa shape index (κ2) is 8.80. The fourth-order valence-corrected chi connectivity index (χ4v) is 3.44. The summed E-state index contributed by atoms with van der Waals surface area (Å²) in [4.78, 5) is 24.2. The van der Waals surface area contributed by atoms with Crippen LogP contribution in [0, 0.1) is 11.3 Å². The molecule has 0 bridgehead atoms. The van der Waals surface area contributed by atoms with E-state index in [-0.39, 0.29) is 18.1 Å². The van der Waals surface area contributed by atoms with Gasteiger partial charge in [0.1, 0.15) is 6.07 Å². The Labute approximate surface area is 180 Å². The van der Waals surface area contributed by atoms with Crippen LogP contribution in [0.1, 0.15) is 22.8 Å². The van der Waals surface area contributed by atoms with E-state index in [1.54, 1.807) is 37.3 Å². The first-order valence-electron chi connectivity index (χ1n) is 8.68. The number of methoxy groups -OCH3 is 1. The van der Waals surface area contributed by atoms with Crippen LogP contribution in [0.15, 0.2) is 51.5 Å². The molecular formula is C21H16BrN3O5. The summed E-state index contributed by atoms with van der Waals surface area (Å²) < 4.78 is 11.3. The van der Waals surface area contributed by atoms with Crippen molar-refractivity contribution >= 4 is 45.3 Å². The van der Waals surface area contributed by atoms with E-state index >= 15 is 0 Å². The lowest BCUT2D eigenvalue weighted by Gasteiger charge is -2.13. The van der Waals surface area contributed by atoms with Crippen molar-refractivity contribution in [3.8, 4) is 17.6 Å². The first kappa shape index (κ1) is 21.1. The van der Waals surface area contributed by atoms with Crippen molar-refractivity contribution in [1.82, 2.24) is 0 Å². The highest BCUT2D eigenvalue weighted by atomic mass is 79.9. The number of carbonyl (C=O) groups is 2. The topological polar surface area (TPSA) is 112 Å². The number of ether oxygens (including phenoxy) is 2. The normalized spacial score (nSPS) is 14.5. The Morgan fingerprint density at radius 3 is 2.80 bits per heavy atom. The molecule has 30 heavy (non-hydrogen) atoms. The third-order valence-corrected chi connectivity index (χ3v) is 4.83. The van der Waals surface area contributed by atoms with Crippen LogP contribution in [0.5, 0.6) is 11.5 Å². The molecule has 152 valence electrons. The summed E-state index contributed by atoms with van der Waals surface area (Å²) in [5.41, 5.74) is 1.92. The number of hydrazone groups is 1. The van der Waals surface area contributed by atoms with Gasteiger partial charge in [0.2, 0.25) is 0 Å². The Balaban J connectivity index is 1.96. The summed E-state index contributed by atoms with van der Waals surface area (Å²) in [5, 5.41) is 23.3. The van der Waals surface area contributed by atoms with Crippen LogP contribution < -0.4 is 14.5 Å². The minimum absolute atomic E-state index is 0.0622. The zero-order chi connectivity index (χ0) is 21.8. The highest BCUT2D eigenvalue weighted by Gasteiger charge is 2.29. The van der Waals surface area contributed by atoms with Gasteiger partial charge < -0.3 is 14.6 Å². The lowest BCUT2D eigenvalue weighted by molar-refractivity contribution is -0.114. The van der Waals surface area contributed by atoms with Crippen molar-refractivity contribution in [1.29, 1.82) is 5.26 Å². The molecule has 1 amide bonds. The average molecular weight is 470 g/mol. The van der Waals surface area contributed by atoms with Gasteiger partial charge in [-0.3, -0.25) is 4.79 Å². The molecule has 9 heteroatoms. The van der Waals surface area contributed by atoms with E-state index in [1.807, 2.05) is 6.07 Å². The predicted molar refractivity (Wildman–Crippen MR) is 114 cm³/mol. The second-order valence-corrected chi connectivity index (χ2v) is 7.05. The van der Waals surface area contributed by atoms with E-state index in [0.717, 1.165) is 0 Å². The van der Waals surface area contributed by atoms with Crippen LogP contribution in [-0.4, -0.2) is 36.4 Å². The monoisotopic (exact) mass is 469 g/mol. The van der Waals surface area contributed by atoms with Crippen LogP contribution in [0.3, 0.4) is 0 Å². The quantitative estimate of drug-likeness (QED) is 0.642. The molecule has 0 aromatic heterocycles. The number of aromatic carboxylic acids is 1. The zero-order valence-electron chi connectivity index (χ0n) is 16.0. The molecule has 2 aromatic carbocycles. The first-order chi connectivity index (χ1) is 14.3. The van der Waals surface area contributed by atoms with Gasteiger partial charge in [-0.2, -0.15) is 15.4 Å². The van der Waals surface area contributed by atoms with Crippen LogP contribution in [-0.2, 0) is 4.79 Å². The summed E-state index contributed by atoms with van der Waals surface area (Å²) in [7, 11) is 1.47. The molecule has 0 radical (unpaired) electrons. The molecule has 0 atom stereocenters. The number of carboxylic acid groups (broad SMARTS) is 1. The average Bonchev–Trinajstić information content (AvgIpc) is 3.01. The van der Waals surface area contributed by atoms with Gasteiger partial charge in [0, 0.05) is 0 Å². The van der Waals surface area contributed by atoms with Crippen LogP contribution in [0.4, 0.5) is 5.69 Å². The third kappa shape index (κ3) is 4.18. The molecule has 3 rings (SSSR count). The number of nitrogens with zero attached hydrogens (tertiary/aromatic N) is 3. The van der Waals surface area contributed by atoms with E-state index in [0.29, 0.717) is 38.5 Å². The highest BCUT2D eigenvalue weighted by molar-refractivity contribution is 9.10. The first-order valence-corrected chi connectivity index (χ1v) is 9.47. The van der Waals surface area contributed by atoms with Crippen molar-refractivity contribution in [3.63, 3.8) is 0 Å². The van der Waals surface area contributed by atoms with E-state index in [2.05, 4.69) is 21.0 Å². The van der Waals surface area contributed by atoms with Crippen LogP contribution >= 0.6 is 15.9 Å². The number of carboxylic acids is 1. The summed E-state index contributed by atoms with van der Waals surface area (Å²) in [6.45, 7) is 1.56. The number of hydrogen-bond donors (Lipinski definition) is 1. The van der Waals surface area contributed by atoms with Gasteiger partial charge in [0.25, 0.3) is 5.91 Å². The van der Waals surface area contributed by atoms with Gasteiger partial charge in [-0.1, -0.05) is 6.07 Å². The molecule has 0 aliphatic carbocycles. The van der Waals surface area contributed by atoms with E-state index in [1.165, 1.54) is 24.3 Å². The molecule has 0 saturated carbocycles. The fourth-order valence-electron chi connectivity index (χ4n) is 2.86. The fraction of sp³-hybridized carbons (Fsp3) is 0.143. The Morgan fingerprint density at radius 2 is 2.13 bits per heavy atom. The number of amides is 1. The predicted octanol–water partition coefficient (Wildman–Crippen LogP) is 3.86. The Morgan fingerprint density at radius 1 is 1.37 bits per heavy atom. The molecule has 1 heterocycles. The third-order valence-electron chi connectivity index (χ3n) is 4.24. The van der Waals surface area contributed by atoms with Gasteiger partial charge in [0.15, 0.2) is 18.1 Å². The van der Waals surface area contributed by atoms with Crippen molar-refractivity contribution < 1.29 is 24.2 Å². The molecule has 1 aliphatic rings. The maximum atomic E-state index is 12.9. The minimum atomic E-state index is -1.09. The van der Waals surface area contributed by atoms with E-state index in [4.69, 9.17) is 14.7 Å². The number of hydrogen-bond acceptors (Lipinski definition) is 6. The van der Waals surface area contributed by atoms with Crippen LogP contribution in [0.2, 0.25) is 0 Å². The number of nitriles is 1. The van der Waals surface area contributed by atoms with Gasteiger partial charge in [-0.25, -0.2) is 4.79 Å². The van der Waals surface area contributed by atoms with Crippen molar-refractivity contribution in [2.24, 2.45) is 5.10 Å². The number of halogens is 1. The largest absolute Gasteiger partial charge is 0.493 e. The van der Waals surface area contributed by atoms with E-state index in [9.17, 15) is 14.7 Å². The Bertz CT molecular complexity index is 1130. The second-order valence-electron chi connectivity index (χ2n) is 6.20. The van der Waals surface area contributed by atoms with Crippen molar-refractivity contribution in [2.45, 2.75) is 6.92 Å². The van der Waals surface area contributed by atoms with E-state index < -0.39 is 5.97 Å². The summed E-state index contributed by atoms with van der Waals surface area (Å²) >= 11 is 3.39. The lowest BCUT2D eigenvalue weighted by atomic mass is 10.1. The lowest BCUT2D eigenvalue weighted by Crippen LogP contribution is -2.21. The number of carbonyl (C=O) groups excluding carboxylic acids is 1. The maximum absolute atomic E-state index is 12.9. The molecule has 1 N–H and O–H groups in total. The van der Waals surface area contributed by atoms with Gasteiger partial charge >= 0.3 is 5.97 Å². The Kier molecular flexibility index (Phi) is 6.18. The number of anilines is 1. The summed E-state index contributed by atoms with van der Waals surface area (Å²) in [5.74, 6) is -0.681. The SMILES string of the molecule is COc1cc(/C=C2/C(=O)N(c3cccc(C(=O)O)c3)N=C2C)cc(Br)c1OCC#N. The van der Waals surface area contributed by atoms with Crippen molar-refractivity contribution in [3.05, 3.63) is 57.6 Å². The van der Waals surface area contributed by atoms with Gasteiger partial charge in [-0.05, 0) is 64.8 Å². The minimum Gasteiger partial charge on any atom is -0.493 e. The van der Waals surface area contributed by atoms with Crippen molar-refractivity contribution in [2.75, 3.05) is 18.7 Å². The molecule has 0 fully saturated rings. The summed E-state index contributed by atoms with van der Waals surface area (Å²) in [6.07, 6.45) is 1.66. The highest BCUT2D eigenvalue weighted by Crippen LogP contribution is 2.37. The standard InChI is InChI=1S/C21H16BrN3O5/c1-12-16(8-13-9-17(22)19(30-7-6-23)18(10-13)29-2)20(26)25(24-12)15-5-3-4-14(11-15)21(27)28/h3-5,8-11H,7H2,1-2H3,(H,27,28)/b16-8+.